The summed E-state index contributed by atoms with van der Waals surface area (Å²) in [5.41, 5.74) is -0.0124. The molecule has 68 valence electrons. The largest absolute Gasteiger partial charge is 0.383 e. The van der Waals surface area contributed by atoms with E-state index in [0.29, 0.717) is 13.0 Å². The molecule has 1 fully saturated rings. The van der Waals surface area contributed by atoms with Crippen LogP contribution in [-0.2, 0) is 4.79 Å². The molecule has 1 aliphatic heterocycles. The van der Waals surface area contributed by atoms with Crippen LogP contribution in [0.2, 0.25) is 0 Å². The number of carbonyl (C=O) groups is 1. The van der Waals surface area contributed by atoms with E-state index in [1.165, 1.54) is 11.1 Å². The molecule has 1 atom stereocenters. The summed E-state index contributed by atoms with van der Waals surface area (Å²) in [7, 11) is 0. The van der Waals surface area contributed by atoms with Crippen molar-refractivity contribution in [3.05, 3.63) is 12.8 Å². The monoisotopic (exact) mass is 169 g/mol. The van der Waals surface area contributed by atoms with Crippen LogP contribution in [0.1, 0.15) is 20.3 Å². The molecular formula is C9H15NO2. The maximum atomic E-state index is 11.2. The quantitative estimate of drug-likeness (QED) is 0.629. The van der Waals surface area contributed by atoms with Crippen molar-refractivity contribution in [2.24, 2.45) is 5.41 Å². The highest BCUT2D eigenvalue weighted by atomic mass is 16.3. The molecule has 0 radical (unpaired) electrons. The summed E-state index contributed by atoms with van der Waals surface area (Å²) in [5, 5.41) is 9.38. The van der Waals surface area contributed by atoms with E-state index >= 15 is 0 Å². The summed E-state index contributed by atoms with van der Waals surface area (Å²) < 4.78 is 0. The Morgan fingerprint density at radius 1 is 1.75 bits per heavy atom. The Labute approximate surface area is 72.7 Å². The van der Waals surface area contributed by atoms with Crippen molar-refractivity contribution in [2.45, 2.75) is 26.4 Å². The fourth-order valence-corrected chi connectivity index (χ4v) is 1.56. The van der Waals surface area contributed by atoms with E-state index in [1.54, 1.807) is 0 Å². The van der Waals surface area contributed by atoms with E-state index in [2.05, 4.69) is 6.58 Å². The maximum absolute atomic E-state index is 11.2. The van der Waals surface area contributed by atoms with Crippen LogP contribution in [0.3, 0.4) is 0 Å². The second kappa shape index (κ2) is 2.90. The second-order valence-electron chi connectivity index (χ2n) is 4.03. The van der Waals surface area contributed by atoms with Gasteiger partial charge in [0.1, 0.15) is 6.10 Å². The molecule has 1 heterocycles. The van der Waals surface area contributed by atoms with Gasteiger partial charge in [-0.1, -0.05) is 20.4 Å². The summed E-state index contributed by atoms with van der Waals surface area (Å²) >= 11 is 0. The van der Waals surface area contributed by atoms with Crippen LogP contribution in [0.4, 0.5) is 0 Å². The number of hydrogen-bond acceptors (Lipinski definition) is 2. The highest BCUT2D eigenvalue weighted by molar-refractivity contribution is 5.82. The predicted octanol–water partition coefficient (Wildman–Crippen LogP) is 0.749. The van der Waals surface area contributed by atoms with Crippen LogP contribution < -0.4 is 0 Å². The molecule has 1 aliphatic rings. The topological polar surface area (TPSA) is 40.5 Å². The van der Waals surface area contributed by atoms with Gasteiger partial charge in [-0.25, -0.2) is 0 Å². The fraction of sp³-hybridized carbons (Fsp3) is 0.667. The van der Waals surface area contributed by atoms with Gasteiger partial charge in [0.25, 0.3) is 5.91 Å². The maximum Gasteiger partial charge on any atom is 0.255 e. The normalized spacial score (nSPS) is 28.8. The summed E-state index contributed by atoms with van der Waals surface area (Å²) in [4.78, 5) is 12.7. The first-order chi connectivity index (χ1) is 5.46. The van der Waals surface area contributed by atoms with E-state index in [-0.39, 0.29) is 11.3 Å². The van der Waals surface area contributed by atoms with Gasteiger partial charge < -0.3 is 10.0 Å². The number of carbonyl (C=O) groups excluding carboxylic acids is 1. The van der Waals surface area contributed by atoms with E-state index in [9.17, 15) is 9.90 Å². The van der Waals surface area contributed by atoms with E-state index in [4.69, 9.17) is 0 Å². The lowest BCUT2D eigenvalue weighted by atomic mass is 9.82. The van der Waals surface area contributed by atoms with Crippen molar-refractivity contribution in [1.82, 2.24) is 4.90 Å². The van der Waals surface area contributed by atoms with Crippen LogP contribution in [0.5, 0.6) is 0 Å². The third-order valence-corrected chi connectivity index (χ3v) is 2.13. The molecule has 0 aromatic carbocycles. The van der Waals surface area contributed by atoms with Gasteiger partial charge in [0, 0.05) is 6.54 Å². The molecule has 1 saturated heterocycles. The fourth-order valence-electron chi connectivity index (χ4n) is 1.56. The van der Waals surface area contributed by atoms with Crippen molar-refractivity contribution in [3.63, 3.8) is 0 Å². The van der Waals surface area contributed by atoms with Gasteiger partial charge in [0.15, 0.2) is 0 Å². The highest BCUT2D eigenvalue weighted by Gasteiger charge is 2.36. The number of hydrogen-bond donors (Lipinski definition) is 1. The molecule has 1 N–H and O–H groups in total. The van der Waals surface area contributed by atoms with E-state index in [1.807, 2.05) is 13.8 Å². The molecule has 1 amide bonds. The van der Waals surface area contributed by atoms with E-state index in [0.717, 1.165) is 0 Å². The van der Waals surface area contributed by atoms with Crippen molar-refractivity contribution in [1.29, 1.82) is 0 Å². The molecule has 12 heavy (non-hydrogen) atoms. The van der Waals surface area contributed by atoms with Crippen LogP contribution in [0, 0.1) is 5.41 Å². The molecule has 0 spiro atoms. The minimum atomic E-state index is -0.855. The Bertz CT molecular complexity index is 211. The van der Waals surface area contributed by atoms with Crippen LogP contribution in [0.25, 0.3) is 0 Å². The van der Waals surface area contributed by atoms with Crippen LogP contribution in [0.15, 0.2) is 12.8 Å². The van der Waals surface area contributed by atoms with Gasteiger partial charge in [-0.2, -0.15) is 0 Å². The first-order valence-electron chi connectivity index (χ1n) is 4.07. The number of aliphatic hydroxyl groups is 1. The van der Waals surface area contributed by atoms with Gasteiger partial charge >= 0.3 is 0 Å². The molecule has 0 bridgehead atoms. The third-order valence-electron chi connectivity index (χ3n) is 2.13. The Morgan fingerprint density at radius 3 is 2.83 bits per heavy atom. The van der Waals surface area contributed by atoms with Gasteiger partial charge in [-0.05, 0) is 18.0 Å². The summed E-state index contributed by atoms with van der Waals surface area (Å²) in [6.45, 7) is 8.23. The number of piperidine rings is 1. The molecule has 3 heteroatoms. The molecular weight excluding hydrogens is 154 g/mol. The average molecular weight is 169 g/mol. The molecule has 1 rings (SSSR count). The SMILES string of the molecule is C=CN1CC(C)(C)CC(O)C1=O. The minimum Gasteiger partial charge on any atom is -0.383 e. The number of likely N-dealkylation sites (tertiary alicyclic amines) is 1. The Kier molecular flexibility index (Phi) is 2.24. The molecule has 0 aliphatic carbocycles. The van der Waals surface area contributed by atoms with Gasteiger partial charge in [-0.3, -0.25) is 4.79 Å². The molecule has 0 saturated carbocycles. The first kappa shape index (κ1) is 9.26. The van der Waals surface area contributed by atoms with Gasteiger partial charge in [0.05, 0.1) is 0 Å². The van der Waals surface area contributed by atoms with Crippen molar-refractivity contribution >= 4 is 5.91 Å². The van der Waals surface area contributed by atoms with Gasteiger partial charge in [-0.15, -0.1) is 0 Å². The zero-order chi connectivity index (χ0) is 9.35. The number of amides is 1. The number of nitrogens with zero attached hydrogens (tertiary/aromatic N) is 1. The van der Waals surface area contributed by atoms with E-state index < -0.39 is 6.10 Å². The van der Waals surface area contributed by atoms with Crippen molar-refractivity contribution in [3.8, 4) is 0 Å². The van der Waals surface area contributed by atoms with Gasteiger partial charge in [0.2, 0.25) is 0 Å². The Hall–Kier alpha value is -0.830. The summed E-state index contributed by atoms with van der Waals surface area (Å²) in [5.74, 6) is -0.232. The van der Waals surface area contributed by atoms with Crippen LogP contribution in [-0.4, -0.2) is 28.6 Å². The number of rotatable bonds is 1. The molecule has 1 unspecified atom stereocenters. The standard InChI is InChI=1S/C9H15NO2/c1-4-10-6-9(2,3)5-7(11)8(10)12/h4,7,11H,1,5-6H2,2-3H3. The van der Waals surface area contributed by atoms with Crippen LogP contribution >= 0.6 is 0 Å². The lowest BCUT2D eigenvalue weighted by Crippen LogP contribution is -2.48. The van der Waals surface area contributed by atoms with Crippen molar-refractivity contribution < 1.29 is 9.90 Å². The Balaban J connectivity index is 2.78. The smallest absolute Gasteiger partial charge is 0.255 e. The lowest BCUT2D eigenvalue weighted by Gasteiger charge is -2.38. The minimum absolute atomic E-state index is 0.0124. The highest BCUT2D eigenvalue weighted by Crippen LogP contribution is 2.29. The predicted molar refractivity (Wildman–Crippen MR) is 46.3 cm³/mol. The number of aliphatic hydroxyl groups excluding tert-OH is 1. The third kappa shape index (κ3) is 1.67. The Morgan fingerprint density at radius 2 is 2.33 bits per heavy atom. The molecule has 0 aromatic heterocycles. The second-order valence-corrected chi connectivity index (χ2v) is 4.03. The zero-order valence-electron chi connectivity index (χ0n) is 7.58. The first-order valence-corrected chi connectivity index (χ1v) is 4.07. The lowest BCUT2D eigenvalue weighted by molar-refractivity contribution is -0.145. The zero-order valence-corrected chi connectivity index (χ0v) is 7.58. The summed E-state index contributed by atoms with van der Waals surface area (Å²) in [6.07, 6.45) is 1.16. The van der Waals surface area contributed by atoms with Crippen molar-refractivity contribution in [2.75, 3.05) is 6.54 Å². The molecule has 0 aromatic rings. The summed E-state index contributed by atoms with van der Waals surface area (Å²) in [6, 6.07) is 0. The average Bonchev–Trinajstić information content (AvgIpc) is 1.96. The molecule has 3 nitrogen and oxygen atoms in total.